The maximum atomic E-state index is 12.1. The van der Waals surface area contributed by atoms with Crippen LogP contribution in [-0.2, 0) is 11.3 Å². The second-order valence-corrected chi connectivity index (χ2v) is 5.63. The Kier molecular flexibility index (Phi) is 6.03. The molecule has 0 amide bonds. The van der Waals surface area contributed by atoms with Crippen molar-refractivity contribution in [3.8, 4) is 11.5 Å². The highest BCUT2D eigenvalue weighted by Crippen LogP contribution is 2.29. The molecule has 2 aromatic rings. The van der Waals surface area contributed by atoms with Crippen LogP contribution in [0.2, 0.25) is 0 Å². The Labute approximate surface area is 137 Å². The highest BCUT2D eigenvalue weighted by Gasteiger charge is 2.13. The van der Waals surface area contributed by atoms with Crippen LogP contribution in [0.3, 0.4) is 0 Å². The van der Waals surface area contributed by atoms with Crippen LogP contribution in [0.1, 0.15) is 29.8 Å². The molecule has 23 heavy (non-hydrogen) atoms. The van der Waals surface area contributed by atoms with Gasteiger partial charge in [0.25, 0.3) is 0 Å². The van der Waals surface area contributed by atoms with Crippen molar-refractivity contribution < 1.29 is 19.0 Å². The Morgan fingerprint density at radius 1 is 1.04 bits per heavy atom. The lowest BCUT2D eigenvalue weighted by Crippen LogP contribution is -2.10. The third-order valence-electron chi connectivity index (χ3n) is 3.18. The van der Waals surface area contributed by atoms with E-state index in [0.29, 0.717) is 36.2 Å². The summed E-state index contributed by atoms with van der Waals surface area (Å²) in [5.41, 5.74) is 1.50. The number of ether oxygens (including phenoxy) is 3. The lowest BCUT2D eigenvalue weighted by molar-refractivity contribution is 0.0458. The minimum atomic E-state index is -0.356. The van der Waals surface area contributed by atoms with E-state index >= 15 is 0 Å². The number of carbonyl (C=O) groups is 1. The lowest BCUT2D eigenvalue weighted by Gasteiger charge is -2.13. The van der Waals surface area contributed by atoms with E-state index in [1.165, 1.54) is 0 Å². The molecule has 0 aliphatic rings. The second-order valence-electron chi connectivity index (χ2n) is 5.63. The fourth-order valence-corrected chi connectivity index (χ4v) is 1.98. The van der Waals surface area contributed by atoms with Gasteiger partial charge >= 0.3 is 5.97 Å². The molecule has 0 saturated carbocycles. The largest absolute Gasteiger partial charge is 0.493 e. The molecule has 4 nitrogen and oxygen atoms in total. The molecule has 0 aliphatic heterocycles. The summed E-state index contributed by atoms with van der Waals surface area (Å²) < 4.78 is 16.3. The van der Waals surface area contributed by atoms with Gasteiger partial charge in [0.15, 0.2) is 11.5 Å². The number of hydrogen-bond acceptors (Lipinski definition) is 4. The molecule has 0 spiro atoms. The average molecular weight is 314 g/mol. The first-order valence-electron chi connectivity index (χ1n) is 7.62. The molecule has 2 rings (SSSR count). The molecule has 0 N–H and O–H groups in total. The van der Waals surface area contributed by atoms with E-state index in [0.717, 1.165) is 5.56 Å². The fourth-order valence-electron chi connectivity index (χ4n) is 1.98. The number of rotatable bonds is 7. The zero-order valence-corrected chi connectivity index (χ0v) is 13.7. The highest BCUT2D eigenvalue weighted by molar-refractivity contribution is 5.90. The first kappa shape index (κ1) is 16.9. The third kappa shape index (κ3) is 5.02. The van der Waals surface area contributed by atoms with Crippen molar-refractivity contribution in [3.05, 3.63) is 59.7 Å². The summed E-state index contributed by atoms with van der Waals surface area (Å²) in [7, 11) is 1.57. The Morgan fingerprint density at radius 2 is 1.78 bits per heavy atom. The van der Waals surface area contributed by atoms with Crippen molar-refractivity contribution in [2.45, 2.75) is 20.5 Å². The Balaban J connectivity index is 2.10. The van der Waals surface area contributed by atoms with E-state index in [9.17, 15) is 4.79 Å². The Bertz CT molecular complexity index is 635. The van der Waals surface area contributed by atoms with E-state index in [1.54, 1.807) is 25.3 Å². The molecule has 0 atom stereocenters. The van der Waals surface area contributed by atoms with Crippen molar-refractivity contribution >= 4 is 5.97 Å². The summed E-state index contributed by atoms with van der Waals surface area (Å²) in [6.07, 6.45) is 0. The zero-order chi connectivity index (χ0) is 16.7. The maximum Gasteiger partial charge on any atom is 0.338 e. The van der Waals surface area contributed by atoms with Crippen molar-refractivity contribution in [1.82, 2.24) is 0 Å². The third-order valence-corrected chi connectivity index (χ3v) is 3.18. The molecule has 0 fully saturated rings. The van der Waals surface area contributed by atoms with Gasteiger partial charge in [0, 0.05) is 0 Å². The van der Waals surface area contributed by atoms with Gasteiger partial charge in [-0.3, -0.25) is 0 Å². The second kappa shape index (κ2) is 8.22. The van der Waals surface area contributed by atoms with Crippen molar-refractivity contribution in [1.29, 1.82) is 0 Å². The van der Waals surface area contributed by atoms with Gasteiger partial charge in [-0.2, -0.15) is 0 Å². The quantitative estimate of drug-likeness (QED) is 0.722. The van der Waals surface area contributed by atoms with Crippen LogP contribution in [0, 0.1) is 5.92 Å². The topological polar surface area (TPSA) is 44.8 Å². The van der Waals surface area contributed by atoms with Crippen LogP contribution in [0.4, 0.5) is 0 Å². The summed E-state index contributed by atoms with van der Waals surface area (Å²) in [6, 6.07) is 14.9. The average Bonchev–Trinajstić information content (AvgIpc) is 2.58. The fraction of sp³-hybridized carbons (Fsp3) is 0.316. The van der Waals surface area contributed by atoms with E-state index in [2.05, 4.69) is 0 Å². The number of hydrogen-bond donors (Lipinski definition) is 0. The highest BCUT2D eigenvalue weighted by atomic mass is 16.5. The van der Waals surface area contributed by atoms with Gasteiger partial charge in [0.1, 0.15) is 6.61 Å². The number of benzene rings is 2. The van der Waals surface area contributed by atoms with Crippen molar-refractivity contribution in [3.63, 3.8) is 0 Å². The van der Waals surface area contributed by atoms with Gasteiger partial charge in [-0.25, -0.2) is 4.79 Å². The maximum absolute atomic E-state index is 12.1. The van der Waals surface area contributed by atoms with Gasteiger partial charge in [-0.1, -0.05) is 44.2 Å². The SMILES string of the molecule is COc1ccc(C(=O)OCC(C)C)cc1OCc1ccccc1. The number of methoxy groups -OCH3 is 1. The van der Waals surface area contributed by atoms with Crippen LogP contribution in [0.25, 0.3) is 0 Å². The summed E-state index contributed by atoms with van der Waals surface area (Å²) >= 11 is 0. The predicted octanol–water partition coefficient (Wildman–Crippen LogP) is 4.09. The smallest absolute Gasteiger partial charge is 0.338 e. The van der Waals surface area contributed by atoms with Crippen LogP contribution in [0.15, 0.2) is 48.5 Å². The Hall–Kier alpha value is -2.49. The molecule has 0 saturated heterocycles. The molecule has 0 radical (unpaired) electrons. The predicted molar refractivity (Wildman–Crippen MR) is 88.9 cm³/mol. The monoisotopic (exact) mass is 314 g/mol. The molecular weight excluding hydrogens is 292 g/mol. The van der Waals surface area contributed by atoms with Gasteiger partial charge in [0.05, 0.1) is 19.3 Å². The summed E-state index contributed by atoms with van der Waals surface area (Å²) in [5.74, 6) is 1.05. The minimum Gasteiger partial charge on any atom is -0.493 e. The molecule has 0 unspecified atom stereocenters. The normalized spacial score (nSPS) is 10.4. The van der Waals surface area contributed by atoms with E-state index in [-0.39, 0.29) is 5.97 Å². The van der Waals surface area contributed by atoms with Crippen LogP contribution < -0.4 is 9.47 Å². The van der Waals surface area contributed by atoms with Gasteiger partial charge in [-0.15, -0.1) is 0 Å². The van der Waals surface area contributed by atoms with Gasteiger partial charge in [0.2, 0.25) is 0 Å². The van der Waals surface area contributed by atoms with E-state index < -0.39 is 0 Å². The first-order chi connectivity index (χ1) is 11.1. The van der Waals surface area contributed by atoms with Crippen LogP contribution in [-0.4, -0.2) is 19.7 Å². The molecule has 0 aliphatic carbocycles. The van der Waals surface area contributed by atoms with Crippen LogP contribution in [0.5, 0.6) is 11.5 Å². The molecular formula is C19H22O4. The molecule has 4 heteroatoms. The van der Waals surface area contributed by atoms with Crippen LogP contribution >= 0.6 is 0 Å². The summed E-state index contributed by atoms with van der Waals surface area (Å²) in [4.78, 5) is 12.1. The standard InChI is InChI=1S/C19H22O4/c1-14(2)12-23-19(20)16-9-10-17(21-3)18(11-16)22-13-15-7-5-4-6-8-15/h4-11,14H,12-13H2,1-3H3. The molecule has 0 heterocycles. The summed E-state index contributed by atoms with van der Waals surface area (Å²) in [6.45, 7) is 4.79. The first-order valence-corrected chi connectivity index (χ1v) is 7.62. The molecule has 0 aromatic heterocycles. The Morgan fingerprint density at radius 3 is 2.43 bits per heavy atom. The van der Waals surface area contributed by atoms with E-state index in [1.807, 2.05) is 44.2 Å². The molecule has 122 valence electrons. The lowest BCUT2D eigenvalue weighted by atomic mass is 10.2. The zero-order valence-electron chi connectivity index (χ0n) is 13.7. The summed E-state index contributed by atoms with van der Waals surface area (Å²) in [5, 5.41) is 0. The van der Waals surface area contributed by atoms with Crippen molar-refractivity contribution in [2.75, 3.05) is 13.7 Å². The van der Waals surface area contributed by atoms with E-state index in [4.69, 9.17) is 14.2 Å². The molecule has 2 aromatic carbocycles. The van der Waals surface area contributed by atoms with Gasteiger partial charge < -0.3 is 14.2 Å². The molecule has 0 bridgehead atoms. The number of carbonyl (C=O) groups excluding carboxylic acids is 1. The van der Waals surface area contributed by atoms with Crippen molar-refractivity contribution in [2.24, 2.45) is 5.92 Å². The van der Waals surface area contributed by atoms with Gasteiger partial charge in [-0.05, 0) is 29.7 Å². The minimum absolute atomic E-state index is 0.297. The number of esters is 1.